The number of carbonyl (C=O) groups excluding carboxylic acids is 1. The average Bonchev–Trinajstić information content (AvgIpc) is 3.28. The van der Waals surface area contributed by atoms with Gasteiger partial charge in [-0.05, 0) is 25.0 Å². The first-order chi connectivity index (χ1) is 13.2. The van der Waals surface area contributed by atoms with E-state index < -0.39 is 0 Å². The molecule has 3 aromatic rings. The Hall–Kier alpha value is -2.61. The number of nitrogens with one attached hydrogen (secondary N) is 1. The third kappa shape index (κ3) is 4.39. The third-order valence-corrected chi connectivity index (χ3v) is 5.31. The molecule has 0 fully saturated rings. The molecule has 140 valence electrons. The maximum Gasteiger partial charge on any atom is 0.234 e. The second-order valence-corrected chi connectivity index (χ2v) is 7.53. The molecule has 0 atom stereocenters. The van der Waals surface area contributed by atoms with Gasteiger partial charge in [-0.1, -0.05) is 17.3 Å². The number of imidazole rings is 1. The van der Waals surface area contributed by atoms with Crippen LogP contribution in [0.25, 0.3) is 11.3 Å². The molecule has 1 amide bonds. The maximum absolute atomic E-state index is 12.2. The van der Waals surface area contributed by atoms with Gasteiger partial charge in [-0.25, -0.2) is 4.98 Å². The molecule has 0 unspecified atom stereocenters. The monoisotopic (exact) mass is 383 g/mol. The molecule has 0 saturated carbocycles. The Labute approximate surface area is 161 Å². The van der Waals surface area contributed by atoms with Gasteiger partial charge in [0, 0.05) is 37.3 Å². The summed E-state index contributed by atoms with van der Waals surface area (Å²) in [4.78, 5) is 21.1. The summed E-state index contributed by atoms with van der Waals surface area (Å²) in [5.74, 6) is 3.12. The first-order valence-corrected chi connectivity index (χ1v) is 10.2. The van der Waals surface area contributed by atoms with Crippen molar-refractivity contribution >= 4 is 23.4 Å². The molecule has 1 N–H and O–H groups in total. The second-order valence-electron chi connectivity index (χ2n) is 6.54. The van der Waals surface area contributed by atoms with Crippen molar-refractivity contribution in [2.24, 2.45) is 0 Å². The van der Waals surface area contributed by atoms with Crippen molar-refractivity contribution in [2.45, 2.75) is 38.5 Å². The van der Waals surface area contributed by atoms with Gasteiger partial charge >= 0.3 is 0 Å². The van der Waals surface area contributed by atoms with Crippen LogP contribution in [-0.4, -0.2) is 31.4 Å². The van der Waals surface area contributed by atoms with Gasteiger partial charge in [0.25, 0.3) is 0 Å². The molecular formula is C19H21N5O2S. The van der Waals surface area contributed by atoms with E-state index in [1.54, 1.807) is 6.92 Å². The molecule has 1 aromatic carbocycles. The topological polar surface area (TPSA) is 85.8 Å². The van der Waals surface area contributed by atoms with Crippen LogP contribution in [0.1, 0.15) is 30.4 Å². The highest BCUT2D eigenvalue weighted by Gasteiger charge is 2.14. The standard InChI is InChI=1S/C19H21N5O2S/c1-13-20-17(23-26-13)11-27-12-19(25)21-15-6-4-5-14(9-15)16-10-24-8-3-2-7-18(24)22-16/h4-6,9-10H,2-3,7-8,11-12H2,1H3,(H,21,25). The number of nitrogens with zero attached hydrogens (tertiary/aromatic N) is 4. The Morgan fingerprint density at radius 2 is 2.26 bits per heavy atom. The Morgan fingerprint density at radius 3 is 3.07 bits per heavy atom. The van der Waals surface area contributed by atoms with E-state index in [9.17, 15) is 4.79 Å². The number of benzene rings is 1. The minimum atomic E-state index is -0.0542. The molecule has 0 radical (unpaired) electrons. The van der Waals surface area contributed by atoms with E-state index in [4.69, 9.17) is 9.51 Å². The van der Waals surface area contributed by atoms with Crippen LogP contribution in [0.2, 0.25) is 0 Å². The zero-order chi connectivity index (χ0) is 18.6. The lowest BCUT2D eigenvalue weighted by Crippen LogP contribution is -2.14. The average molecular weight is 383 g/mol. The van der Waals surface area contributed by atoms with E-state index >= 15 is 0 Å². The predicted molar refractivity (Wildman–Crippen MR) is 104 cm³/mol. The van der Waals surface area contributed by atoms with E-state index in [0.717, 1.165) is 35.7 Å². The molecule has 1 aliphatic heterocycles. The van der Waals surface area contributed by atoms with Crippen molar-refractivity contribution in [3.05, 3.63) is 48.0 Å². The summed E-state index contributed by atoms with van der Waals surface area (Å²) in [7, 11) is 0. The van der Waals surface area contributed by atoms with E-state index in [0.29, 0.717) is 23.2 Å². The summed E-state index contributed by atoms with van der Waals surface area (Å²) in [5, 5.41) is 6.77. The lowest BCUT2D eigenvalue weighted by Gasteiger charge is -2.11. The number of fused-ring (bicyclic) bond motifs is 1. The molecule has 7 nitrogen and oxygen atoms in total. The molecule has 0 aliphatic carbocycles. The molecule has 2 aromatic heterocycles. The zero-order valence-electron chi connectivity index (χ0n) is 15.1. The van der Waals surface area contributed by atoms with Crippen molar-refractivity contribution in [1.82, 2.24) is 19.7 Å². The lowest BCUT2D eigenvalue weighted by molar-refractivity contribution is -0.113. The lowest BCUT2D eigenvalue weighted by atomic mass is 10.1. The van der Waals surface area contributed by atoms with Crippen LogP contribution >= 0.6 is 11.8 Å². The minimum Gasteiger partial charge on any atom is -0.340 e. The SMILES string of the molecule is Cc1nc(CSCC(=O)Nc2cccc(-c3cn4c(n3)CCCC4)c2)no1. The second kappa shape index (κ2) is 7.96. The van der Waals surface area contributed by atoms with Crippen LogP contribution in [0.4, 0.5) is 5.69 Å². The highest BCUT2D eigenvalue weighted by Crippen LogP contribution is 2.25. The van der Waals surface area contributed by atoms with E-state index in [1.807, 2.05) is 24.3 Å². The summed E-state index contributed by atoms with van der Waals surface area (Å²) >= 11 is 1.45. The van der Waals surface area contributed by atoms with E-state index in [-0.39, 0.29) is 5.91 Å². The van der Waals surface area contributed by atoms with Gasteiger partial charge in [0.05, 0.1) is 17.2 Å². The summed E-state index contributed by atoms with van der Waals surface area (Å²) in [6, 6.07) is 7.83. The molecule has 0 saturated heterocycles. The Morgan fingerprint density at radius 1 is 1.33 bits per heavy atom. The Kier molecular flexibility index (Phi) is 5.24. The normalized spacial score (nSPS) is 13.4. The number of anilines is 1. The summed E-state index contributed by atoms with van der Waals surface area (Å²) in [6.45, 7) is 2.78. The largest absolute Gasteiger partial charge is 0.340 e. The molecule has 8 heteroatoms. The van der Waals surface area contributed by atoms with Crippen molar-refractivity contribution in [2.75, 3.05) is 11.1 Å². The number of carbonyl (C=O) groups is 1. The number of amides is 1. The Bertz CT molecular complexity index is 926. The highest BCUT2D eigenvalue weighted by atomic mass is 32.2. The van der Waals surface area contributed by atoms with Crippen molar-refractivity contribution < 1.29 is 9.32 Å². The number of hydrogen-bond acceptors (Lipinski definition) is 6. The van der Waals surface area contributed by atoms with Gasteiger partial charge in [0.1, 0.15) is 5.82 Å². The summed E-state index contributed by atoms with van der Waals surface area (Å²) in [6.07, 6.45) is 5.55. The molecule has 4 rings (SSSR count). The fraction of sp³-hybridized carbons (Fsp3) is 0.368. The molecular weight excluding hydrogens is 362 g/mol. The molecule has 0 bridgehead atoms. The predicted octanol–water partition coefficient (Wildman–Crippen LogP) is 3.45. The number of hydrogen-bond donors (Lipinski definition) is 1. The first-order valence-electron chi connectivity index (χ1n) is 9.00. The number of thioether (sulfide) groups is 1. The van der Waals surface area contributed by atoms with Gasteiger partial charge in [-0.3, -0.25) is 4.79 Å². The van der Waals surface area contributed by atoms with Crippen LogP contribution in [-0.2, 0) is 23.5 Å². The molecule has 27 heavy (non-hydrogen) atoms. The van der Waals surface area contributed by atoms with Gasteiger partial charge < -0.3 is 14.4 Å². The zero-order valence-corrected chi connectivity index (χ0v) is 16.0. The summed E-state index contributed by atoms with van der Waals surface area (Å²) in [5.41, 5.74) is 2.76. The molecule has 0 spiro atoms. The minimum absolute atomic E-state index is 0.0542. The maximum atomic E-state index is 12.2. The van der Waals surface area contributed by atoms with E-state index in [2.05, 4.69) is 26.2 Å². The van der Waals surface area contributed by atoms with E-state index in [1.165, 1.54) is 24.6 Å². The van der Waals surface area contributed by atoms with Crippen LogP contribution < -0.4 is 5.32 Å². The van der Waals surface area contributed by atoms with Crippen LogP contribution in [0.15, 0.2) is 35.0 Å². The summed E-state index contributed by atoms with van der Waals surface area (Å²) < 4.78 is 7.16. The fourth-order valence-corrected chi connectivity index (χ4v) is 3.80. The van der Waals surface area contributed by atoms with Crippen LogP contribution in [0.3, 0.4) is 0 Å². The van der Waals surface area contributed by atoms with Crippen molar-refractivity contribution in [3.8, 4) is 11.3 Å². The first kappa shape index (κ1) is 17.8. The van der Waals surface area contributed by atoms with Gasteiger partial charge in [-0.2, -0.15) is 4.98 Å². The van der Waals surface area contributed by atoms with Gasteiger partial charge in [0.15, 0.2) is 5.82 Å². The van der Waals surface area contributed by atoms with Crippen LogP contribution in [0.5, 0.6) is 0 Å². The fourth-order valence-electron chi connectivity index (χ4n) is 3.14. The molecule has 1 aliphatic rings. The Balaban J connectivity index is 1.36. The number of rotatable bonds is 6. The number of aromatic nitrogens is 4. The molecule has 3 heterocycles. The smallest absolute Gasteiger partial charge is 0.234 e. The van der Waals surface area contributed by atoms with Gasteiger partial charge in [-0.15, -0.1) is 11.8 Å². The quantitative estimate of drug-likeness (QED) is 0.702. The van der Waals surface area contributed by atoms with Crippen molar-refractivity contribution in [3.63, 3.8) is 0 Å². The van der Waals surface area contributed by atoms with Crippen LogP contribution in [0, 0.1) is 6.92 Å². The van der Waals surface area contributed by atoms with Gasteiger partial charge in [0.2, 0.25) is 11.8 Å². The third-order valence-electron chi connectivity index (χ3n) is 4.38. The van der Waals surface area contributed by atoms with Crippen molar-refractivity contribution in [1.29, 1.82) is 0 Å². The highest BCUT2D eigenvalue weighted by molar-refractivity contribution is 7.99. The number of aryl methyl sites for hydroxylation is 3.